The number of halogens is 7. The van der Waals surface area contributed by atoms with E-state index in [4.69, 9.17) is 16.3 Å². The molecule has 0 aliphatic rings. The molecular weight excluding hydrogens is 488 g/mol. The van der Waals surface area contributed by atoms with E-state index in [-0.39, 0.29) is 5.75 Å². The number of nitrogens with zero attached hydrogens (tertiary/aromatic N) is 2. The molecule has 1 heterocycles. The predicted molar refractivity (Wildman–Crippen MR) is 110 cm³/mol. The first kappa shape index (κ1) is 23.3. The van der Waals surface area contributed by atoms with Crippen molar-refractivity contribution in [1.82, 2.24) is 9.97 Å². The number of anilines is 1. The number of alkyl halides is 3. The van der Waals surface area contributed by atoms with Crippen LogP contribution in [0, 0.1) is 17.5 Å². The molecule has 34 heavy (non-hydrogen) atoms. The molecule has 4 rings (SSSR count). The molecule has 1 N–H and O–H groups in total. The number of ether oxygens (including phenoxy) is 1. The second-order valence-electron chi connectivity index (χ2n) is 6.82. The van der Waals surface area contributed by atoms with Gasteiger partial charge in [-0.3, -0.25) is 14.8 Å². The lowest BCUT2D eigenvalue weighted by Gasteiger charge is -2.13. The van der Waals surface area contributed by atoms with Gasteiger partial charge in [0.1, 0.15) is 5.75 Å². The number of benzene rings is 3. The highest BCUT2D eigenvalue weighted by Gasteiger charge is 2.34. The van der Waals surface area contributed by atoms with E-state index in [0.717, 1.165) is 12.1 Å². The van der Waals surface area contributed by atoms with E-state index in [1.807, 2.05) is 5.32 Å². The minimum absolute atomic E-state index is 0.0668. The van der Waals surface area contributed by atoms with Crippen molar-refractivity contribution in [2.45, 2.75) is 6.18 Å². The monoisotopic (exact) mass is 497 g/mol. The molecule has 0 bridgehead atoms. The number of fused-ring (bicyclic) bond motifs is 1. The SMILES string of the molecule is O=C(Nc1cc(F)c(Oc2ccc3nccnc3c2)c(F)c1F)c1ccc(Cl)c(C(F)(F)F)c1. The van der Waals surface area contributed by atoms with Crippen LogP contribution in [-0.2, 0) is 6.18 Å². The standard InChI is InChI=1S/C22H10ClF6N3O2/c23-13-3-1-10(7-12(13)22(27,28)29)21(33)32-17-9-14(24)20(19(26)18(17)25)34-11-2-4-15-16(8-11)31-6-5-30-15/h1-9H,(H,32,33). The van der Waals surface area contributed by atoms with Crippen molar-refractivity contribution in [3.05, 3.63) is 88.5 Å². The third kappa shape index (κ3) is 4.60. The fourth-order valence-corrected chi connectivity index (χ4v) is 3.19. The van der Waals surface area contributed by atoms with Crippen LogP contribution >= 0.6 is 11.6 Å². The number of carbonyl (C=O) groups excluding carboxylic acids is 1. The Hall–Kier alpha value is -3.86. The van der Waals surface area contributed by atoms with Gasteiger partial charge in [0.2, 0.25) is 11.6 Å². The Bertz CT molecular complexity index is 1430. The van der Waals surface area contributed by atoms with Gasteiger partial charge in [-0.15, -0.1) is 0 Å². The fraction of sp³-hybridized carbons (Fsp3) is 0.0455. The van der Waals surface area contributed by atoms with E-state index < -0.39 is 57.1 Å². The maximum atomic E-state index is 14.6. The maximum Gasteiger partial charge on any atom is 0.417 e. The van der Waals surface area contributed by atoms with Gasteiger partial charge in [-0.2, -0.15) is 17.6 Å². The van der Waals surface area contributed by atoms with Crippen LogP contribution in [0.25, 0.3) is 11.0 Å². The molecule has 0 saturated heterocycles. The minimum atomic E-state index is -4.86. The van der Waals surface area contributed by atoms with Gasteiger partial charge in [-0.1, -0.05) is 11.6 Å². The smallest absolute Gasteiger partial charge is 0.417 e. The first-order valence-corrected chi connectivity index (χ1v) is 9.66. The second kappa shape index (κ2) is 8.82. The summed E-state index contributed by atoms with van der Waals surface area (Å²) < 4.78 is 87.8. The summed E-state index contributed by atoms with van der Waals surface area (Å²) in [5, 5.41) is 1.18. The molecule has 0 radical (unpaired) electrons. The number of aromatic nitrogens is 2. The van der Waals surface area contributed by atoms with Crippen LogP contribution in [0.5, 0.6) is 11.5 Å². The summed E-state index contributed by atoms with van der Waals surface area (Å²) in [6, 6.07) is 6.77. The molecule has 4 aromatic rings. The first-order valence-electron chi connectivity index (χ1n) is 9.29. The highest BCUT2D eigenvalue weighted by molar-refractivity contribution is 6.31. The Labute approximate surface area is 192 Å². The van der Waals surface area contributed by atoms with Gasteiger partial charge in [0.05, 0.1) is 27.3 Å². The van der Waals surface area contributed by atoms with Gasteiger partial charge in [-0.05, 0) is 30.3 Å². The number of hydrogen-bond acceptors (Lipinski definition) is 4. The molecule has 3 aromatic carbocycles. The van der Waals surface area contributed by atoms with Crippen molar-refractivity contribution in [1.29, 1.82) is 0 Å². The molecule has 0 atom stereocenters. The van der Waals surface area contributed by atoms with Crippen molar-refractivity contribution < 1.29 is 35.9 Å². The van der Waals surface area contributed by atoms with Gasteiger partial charge in [0, 0.05) is 30.1 Å². The zero-order valence-electron chi connectivity index (χ0n) is 16.6. The summed E-state index contributed by atoms with van der Waals surface area (Å²) in [5.41, 5.74) is -1.97. The highest BCUT2D eigenvalue weighted by atomic mass is 35.5. The number of hydrogen-bond donors (Lipinski definition) is 1. The van der Waals surface area contributed by atoms with Gasteiger partial charge in [0.25, 0.3) is 5.91 Å². The average Bonchev–Trinajstić information content (AvgIpc) is 2.79. The van der Waals surface area contributed by atoms with E-state index in [0.29, 0.717) is 23.2 Å². The molecule has 0 aliphatic carbocycles. The lowest BCUT2D eigenvalue weighted by atomic mass is 10.1. The van der Waals surface area contributed by atoms with Crippen molar-refractivity contribution in [3.63, 3.8) is 0 Å². The topological polar surface area (TPSA) is 64.1 Å². The molecule has 0 saturated carbocycles. The van der Waals surface area contributed by atoms with Gasteiger partial charge in [0.15, 0.2) is 11.6 Å². The Morgan fingerprint density at radius 3 is 2.32 bits per heavy atom. The molecule has 1 aromatic heterocycles. The van der Waals surface area contributed by atoms with E-state index >= 15 is 0 Å². The normalized spacial score (nSPS) is 11.5. The molecule has 5 nitrogen and oxygen atoms in total. The fourth-order valence-electron chi connectivity index (χ4n) is 2.97. The van der Waals surface area contributed by atoms with Gasteiger partial charge < -0.3 is 10.1 Å². The number of nitrogens with one attached hydrogen (secondary N) is 1. The zero-order chi connectivity index (χ0) is 24.6. The molecule has 0 spiro atoms. The summed E-state index contributed by atoms with van der Waals surface area (Å²) >= 11 is 5.50. The van der Waals surface area contributed by atoms with Crippen LogP contribution in [0.3, 0.4) is 0 Å². The van der Waals surface area contributed by atoms with Crippen LogP contribution < -0.4 is 10.1 Å². The van der Waals surface area contributed by atoms with Crippen LogP contribution in [0.15, 0.2) is 54.9 Å². The summed E-state index contributed by atoms with van der Waals surface area (Å²) in [6.07, 6.45) is -2.02. The van der Waals surface area contributed by atoms with Crippen molar-refractivity contribution in [2.24, 2.45) is 0 Å². The number of amides is 1. The molecule has 174 valence electrons. The van der Waals surface area contributed by atoms with Crippen LogP contribution in [0.2, 0.25) is 5.02 Å². The van der Waals surface area contributed by atoms with Gasteiger partial charge in [-0.25, -0.2) is 8.78 Å². The van der Waals surface area contributed by atoms with E-state index in [2.05, 4.69) is 9.97 Å². The molecule has 0 aliphatic heterocycles. The Kier molecular flexibility index (Phi) is 6.05. The molecule has 12 heteroatoms. The summed E-state index contributed by atoms with van der Waals surface area (Å²) in [6.45, 7) is 0. The molecule has 0 fully saturated rings. The number of carbonyl (C=O) groups is 1. The Morgan fingerprint density at radius 2 is 1.62 bits per heavy atom. The van der Waals surface area contributed by atoms with Crippen molar-refractivity contribution in [2.75, 3.05) is 5.32 Å². The van der Waals surface area contributed by atoms with Crippen molar-refractivity contribution >= 4 is 34.2 Å². The van der Waals surface area contributed by atoms with Crippen molar-refractivity contribution in [3.8, 4) is 11.5 Å². The summed E-state index contributed by atoms with van der Waals surface area (Å²) in [4.78, 5) is 20.4. The first-order chi connectivity index (χ1) is 16.0. The summed E-state index contributed by atoms with van der Waals surface area (Å²) in [5.74, 6) is -7.23. The number of rotatable bonds is 4. The lowest BCUT2D eigenvalue weighted by molar-refractivity contribution is -0.137. The lowest BCUT2D eigenvalue weighted by Crippen LogP contribution is -2.16. The summed E-state index contributed by atoms with van der Waals surface area (Å²) in [7, 11) is 0. The third-order valence-corrected chi connectivity index (χ3v) is 4.89. The zero-order valence-corrected chi connectivity index (χ0v) is 17.3. The van der Waals surface area contributed by atoms with Crippen LogP contribution in [-0.4, -0.2) is 15.9 Å². The predicted octanol–water partition coefficient (Wildman–Crippen LogP) is 6.76. The largest absolute Gasteiger partial charge is 0.451 e. The molecular formula is C22H10ClF6N3O2. The van der Waals surface area contributed by atoms with E-state index in [1.165, 1.54) is 30.6 Å². The third-order valence-electron chi connectivity index (χ3n) is 4.56. The Morgan fingerprint density at radius 1 is 0.912 bits per heavy atom. The van der Waals surface area contributed by atoms with E-state index in [1.54, 1.807) is 0 Å². The quantitative estimate of drug-likeness (QED) is 0.250. The molecule has 1 amide bonds. The molecule has 0 unspecified atom stereocenters. The van der Waals surface area contributed by atoms with Crippen LogP contribution in [0.4, 0.5) is 32.0 Å². The average molecular weight is 498 g/mol. The highest BCUT2D eigenvalue weighted by Crippen LogP contribution is 2.36. The minimum Gasteiger partial charge on any atom is -0.451 e. The van der Waals surface area contributed by atoms with Gasteiger partial charge >= 0.3 is 6.18 Å². The Balaban J connectivity index is 1.61. The second-order valence-corrected chi connectivity index (χ2v) is 7.23. The maximum absolute atomic E-state index is 14.6. The van der Waals surface area contributed by atoms with Crippen LogP contribution in [0.1, 0.15) is 15.9 Å². The van der Waals surface area contributed by atoms with E-state index in [9.17, 15) is 31.1 Å².